The Bertz CT molecular complexity index is 719. The molecule has 26 heavy (non-hydrogen) atoms. The van der Waals surface area contributed by atoms with E-state index in [2.05, 4.69) is 31.0 Å². The van der Waals surface area contributed by atoms with Gasteiger partial charge < -0.3 is 9.64 Å². The molecular weight excluding hydrogens is 324 g/mol. The molecular formula is C22H28N2O2. The summed E-state index contributed by atoms with van der Waals surface area (Å²) in [6, 6.07) is 13.8. The van der Waals surface area contributed by atoms with Gasteiger partial charge in [0.25, 0.3) is 5.91 Å². The van der Waals surface area contributed by atoms with Gasteiger partial charge in [0.15, 0.2) is 0 Å². The van der Waals surface area contributed by atoms with Crippen LogP contribution < -0.4 is 4.74 Å². The summed E-state index contributed by atoms with van der Waals surface area (Å²) in [5.74, 6) is 1.56. The zero-order valence-electron chi connectivity index (χ0n) is 15.8. The van der Waals surface area contributed by atoms with E-state index in [1.54, 1.807) is 6.07 Å². The average Bonchev–Trinajstić information content (AvgIpc) is 2.68. The molecule has 2 heterocycles. The van der Waals surface area contributed by atoms with E-state index in [1.165, 1.54) is 5.56 Å². The Hall–Kier alpha value is -2.36. The monoisotopic (exact) mass is 352 g/mol. The second kappa shape index (κ2) is 8.84. The number of carbonyl (C=O) groups is 1. The first-order valence-electron chi connectivity index (χ1n) is 9.62. The quantitative estimate of drug-likeness (QED) is 0.769. The number of aromatic nitrogens is 1. The molecule has 1 fully saturated rings. The van der Waals surface area contributed by atoms with Crippen molar-refractivity contribution in [3.63, 3.8) is 0 Å². The molecule has 1 saturated heterocycles. The number of aryl methyl sites for hydroxylation is 1. The fourth-order valence-corrected chi connectivity index (χ4v) is 3.25. The SMILES string of the molecule is CCCc1ccc(OCc2cccc(C(=O)N3CCC(C)CC3)n2)cc1. The van der Waals surface area contributed by atoms with Gasteiger partial charge in [0, 0.05) is 13.1 Å². The van der Waals surface area contributed by atoms with Gasteiger partial charge in [-0.3, -0.25) is 4.79 Å². The highest BCUT2D eigenvalue weighted by Crippen LogP contribution is 2.18. The molecule has 0 atom stereocenters. The van der Waals surface area contributed by atoms with Crippen LogP contribution in [0.4, 0.5) is 0 Å². The van der Waals surface area contributed by atoms with E-state index in [-0.39, 0.29) is 5.91 Å². The van der Waals surface area contributed by atoms with Gasteiger partial charge >= 0.3 is 0 Å². The van der Waals surface area contributed by atoms with Crippen LogP contribution in [0.2, 0.25) is 0 Å². The molecule has 0 unspecified atom stereocenters. The molecule has 1 amide bonds. The fraction of sp³-hybridized carbons (Fsp3) is 0.455. The number of amides is 1. The highest BCUT2D eigenvalue weighted by molar-refractivity contribution is 5.92. The number of likely N-dealkylation sites (tertiary alicyclic amines) is 1. The predicted molar refractivity (Wildman–Crippen MR) is 103 cm³/mol. The maximum absolute atomic E-state index is 12.7. The first-order chi connectivity index (χ1) is 12.7. The highest BCUT2D eigenvalue weighted by Gasteiger charge is 2.22. The molecule has 2 aromatic rings. The lowest BCUT2D eigenvalue weighted by molar-refractivity contribution is 0.0690. The van der Waals surface area contributed by atoms with Gasteiger partial charge in [0.05, 0.1) is 5.69 Å². The molecule has 0 saturated carbocycles. The van der Waals surface area contributed by atoms with E-state index in [1.807, 2.05) is 29.2 Å². The third-order valence-corrected chi connectivity index (χ3v) is 4.95. The Morgan fingerprint density at radius 3 is 2.58 bits per heavy atom. The van der Waals surface area contributed by atoms with Gasteiger partial charge in [-0.15, -0.1) is 0 Å². The van der Waals surface area contributed by atoms with Crippen LogP contribution in [0.1, 0.15) is 54.9 Å². The van der Waals surface area contributed by atoms with Crippen molar-refractivity contribution in [3.8, 4) is 5.75 Å². The van der Waals surface area contributed by atoms with E-state index in [0.29, 0.717) is 18.2 Å². The van der Waals surface area contributed by atoms with Crippen LogP contribution in [-0.2, 0) is 13.0 Å². The minimum Gasteiger partial charge on any atom is -0.487 e. The zero-order chi connectivity index (χ0) is 18.4. The molecule has 1 aliphatic rings. The normalized spacial score (nSPS) is 15.1. The summed E-state index contributed by atoms with van der Waals surface area (Å²) in [7, 11) is 0. The zero-order valence-corrected chi connectivity index (χ0v) is 15.8. The molecule has 4 nitrogen and oxygen atoms in total. The third-order valence-electron chi connectivity index (χ3n) is 4.95. The summed E-state index contributed by atoms with van der Waals surface area (Å²) < 4.78 is 5.83. The molecule has 0 spiro atoms. The van der Waals surface area contributed by atoms with Crippen molar-refractivity contribution < 1.29 is 9.53 Å². The minimum atomic E-state index is 0.0302. The van der Waals surface area contributed by atoms with E-state index in [0.717, 1.165) is 50.2 Å². The van der Waals surface area contributed by atoms with Crippen LogP contribution in [0.15, 0.2) is 42.5 Å². The Morgan fingerprint density at radius 2 is 1.88 bits per heavy atom. The summed E-state index contributed by atoms with van der Waals surface area (Å²) in [5.41, 5.74) is 2.61. The van der Waals surface area contributed by atoms with E-state index >= 15 is 0 Å². The van der Waals surface area contributed by atoms with Crippen LogP contribution in [0, 0.1) is 5.92 Å². The molecule has 1 aromatic carbocycles. The van der Waals surface area contributed by atoms with Crippen molar-refractivity contribution in [1.82, 2.24) is 9.88 Å². The molecule has 4 heteroatoms. The lowest BCUT2D eigenvalue weighted by atomic mass is 9.99. The number of rotatable bonds is 6. The first kappa shape index (κ1) is 18.4. The second-order valence-corrected chi connectivity index (χ2v) is 7.17. The lowest BCUT2D eigenvalue weighted by Crippen LogP contribution is -2.38. The van der Waals surface area contributed by atoms with Crippen LogP contribution in [0.25, 0.3) is 0 Å². The predicted octanol–water partition coefficient (Wildman–Crippen LogP) is 4.49. The molecule has 1 aliphatic heterocycles. The molecule has 138 valence electrons. The van der Waals surface area contributed by atoms with E-state index < -0.39 is 0 Å². The number of pyridine rings is 1. The summed E-state index contributed by atoms with van der Waals surface area (Å²) in [6.45, 7) is 6.44. The van der Waals surface area contributed by atoms with Crippen molar-refractivity contribution in [1.29, 1.82) is 0 Å². The lowest BCUT2D eigenvalue weighted by Gasteiger charge is -2.30. The van der Waals surface area contributed by atoms with Gasteiger partial charge in [0.2, 0.25) is 0 Å². The number of ether oxygens (including phenoxy) is 1. The average molecular weight is 352 g/mol. The van der Waals surface area contributed by atoms with Gasteiger partial charge in [-0.05, 0) is 55.0 Å². The fourth-order valence-electron chi connectivity index (χ4n) is 3.25. The first-order valence-corrected chi connectivity index (χ1v) is 9.62. The highest BCUT2D eigenvalue weighted by atomic mass is 16.5. The summed E-state index contributed by atoms with van der Waals surface area (Å²) in [5, 5.41) is 0. The van der Waals surface area contributed by atoms with Crippen LogP contribution >= 0.6 is 0 Å². The maximum atomic E-state index is 12.7. The Balaban J connectivity index is 1.59. The Morgan fingerprint density at radius 1 is 1.15 bits per heavy atom. The number of nitrogens with zero attached hydrogens (tertiary/aromatic N) is 2. The minimum absolute atomic E-state index is 0.0302. The smallest absolute Gasteiger partial charge is 0.272 e. The molecule has 0 radical (unpaired) electrons. The molecule has 0 bridgehead atoms. The number of hydrogen-bond donors (Lipinski definition) is 0. The van der Waals surface area contributed by atoms with E-state index in [4.69, 9.17) is 4.74 Å². The van der Waals surface area contributed by atoms with Gasteiger partial charge in [-0.1, -0.05) is 38.5 Å². The van der Waals surface area contributed by atoms with Crippen molar-refractivity contribution in [3.05, 3.63) is 59.4 Å². The number of piperidine rings is 1. The number of benzene rings is 1. The van der Waals surface area contributed by atoms with Crippen LogP contribution in [0.3, 0.4) is 0 Å². The summed E-state index contributed by atoms with van der Waals surface area (Å²) in [4.78, 5) is 19.1. The molecule has 0 aliphatic carbocycles. The molecule has 0 N–H and O–H groups in total. The van der Waals surface area contributed by atoms with Crippen LogP contribution in [0.5, 0.6) is 5.75 Å². The topological polar surface area (TPSA) is 42.4 Å². The molecule has 3 rings (SSSR count). The van der Waals surface area contributed by atoms with Crippen molar-refractivity contribution in [2.75, 3.05) is 13.1 Å². The number of carbonyl (C=O) groups excluding carboxylic acids is 1. The number of hydrogen-bond acceptors (Lipinski definition) is 3. The maximum Gasteiger partial charge on any atom is 0.272 e. The second-order valence-electron chi connectivity index (χ2n) is 7.17. The van der Waals surface area contributed by atoms with Gasteiger partial charge in [0.1, 0.15) is 18.1 Å². The Kier molecular flexibility index (Phi) is 6.26. The van der Waals surface area contributed by atoms with Crippen LogP contribution in [-0.4, -0.2) is 28.9 Å². The largest absolute Gasteiger partial charge is 0.487 e. The van der Waals surface area contributed by atoms with Crippen molar-refractivity contribution in [2.45, 2.75) is 46.1 Å². The third kappa shape index (κ3) is 4.84. The van der Waals surface area contributed by atoms with E-state index in [9.17, 15) is 4.79 Å². The summed E-state index contributed by atoms with van der Waals surface area (Å²) >= 11 is 0. The molecule has 1 aromatic heterocycles. The standard InChI is InChI=1S/C22H28N2O2/c1-3-5-18-8-10-20(11-9-18)26-16-19-6-4-7-21(23-19)22(25)24-14-12-17(2)13-15-24/h4,6-11,17H,3,5,12-16H2,1-2H3. The van der Waals surface area contributed by atoms with Crippen molar-refractivity contribution in [2.24, 2.45) is 5.92 Å². The van der Waals surface area contributed by atoms with Gasteiger partial charge in [-0.25, -0.2) is 4.98 Å². The summed E-state index contributed by atoms with van der Waals surface area (Å²) in [6.07, 6.45) is 4.37. The Labute approximate surface area is 156 Å². The van der Waals surface area contributed by atoms with Gasteiger partial charge in [-0.2, -0.15) is 0 Å². The van der Waals surface area contributed by atoms with Crippen molar-refractivity contribution >= 4 is 5.91 Å².